The predicted octanol–water partition coefficient (Wildman–Crippen LogP) is 1.83. The number of nitrogens with zero attached hydrogens (tertiary/aromatic N) is 2. The third-order valence-electron chi connectivity index (χ3n) is 4.65. The molecule has 0 aromatic carbocycles. The molecular formula is C15H22N4O. The average Bonchev–Trinajstić information content (AvgIpc) is 3.07. The number of amides is 1. The van der Waals surface area contributed by atoms with Gasteiger partial charge in [-0.3, -0.25) is 9.78 Å². The Balaban J connectivity index is 1.32. The van der Waals surface area contributed by atoms with Crippen molar-refractivity contribution in [2.24, 2.45) is 17.8 Å². The van der Waals surface area contributed by atoms with Crippen molar-refractivity contribution >= 4 is 11.7 Å². The number of carbonyl (C=O) groups is 1. The topological polar surface area (TPSA) is 66.9 Å². The van der Waals surface area contributed by atoms with E-state index >= 15 is 0 Å². The van der Waals surface area contributed by atoms with Crippen LogP contribution in [0.25, 0.3) is 0 Å². The van der Waals surface area contributed by atoms with Crippen molar-refractivity contribution in [3.05, 3.63) is 18.6 Å². The molecule has 3 unspecified atom stereocenters. The Morgan fingerprint density at radius 1 is 1.25 bits per heavy atom. The van der Waals surface area contributed by atoms with E-state index in [1.165, 1.54) is 25.7 Å². The van der Waals surface area contributed by atoms with Crippen LogP contribution >= 0.6 is 0 Å². The molecule has 0 saturated heterocycles. The van der Waals surface area contributed by atoms with Crippen molar-refractivity contribution in [3.8, 4) is 0 Å². The van der Waals surface area contributed by atoms with Gasteiger partial charge in [0.15, 0.2) is 0 Å². The fraction of sp³-hybridized carbons (Fsp3) is 0.667. The summed E-state index contributed by atoms with van der Waals surface area (Å²) in [6, 6.07) is 0. The van der Waals surface area contributed by atoms with Crippen LogP contribution in [0.1, 0.15) is 32.1 Å². The second-order valence-electron chi connectivity index (χ2n) is 6.01. The van der Waals surface area contributed by atoms with Gasteiger partial charge in [-0.2, -0.15) is 0 Å². The Labute approximate surface area is 119 Å². The van der Waals surface area contributed by atoms with Crippen LogP contribution < -0.4 is 10.6 Å². The minimum Gasteiger partial charge on any atom is -0.367 e. The van der Waals surface area contributed by atoms with Crippen molar-refractivity contribution in [1.29, 1.82) is 0 Å². The largest absolute Gasteiger partial charge is 0.367 e. The first-order valence-electron chi connectivity index (χ1n) is 7.58. The van der Waals surface area contributed by atoms with Gasteiger partial charge >= 0.3 is 0 Å². The summed E-state index contributed by atoms with van der Waals surface area (Å²) in [5.74, 6) is 3.32. The Hall–Kier alpha value is -1.65. The first kappa shape index (κ1) is 13.3. The number of carbonyl (C=O) groups excluding carboxylic acids is 1. The quantitative estimate of drug-likeness (QED) is 0.777. The average molecular weight is 274 g/mol. The van der Waals surface area contributed by atoms with Crippen molar-refractivity contribution in [2.75, 3.05) is 18.4 Å². The summed E-state index contributed by atoms with van der Waals surface area (Å²) in [6.45, 7) is 1.32. The molecule has 1 heterocycles. The number of rotatable bonds is 6. The summed E-state index contributed by atoms with van der Waals surface area (Å²) < 4.78 is 0. The van der Waals surface area contributed by atoms with Crippen molar-refractivity contribution in [3.63, 3.8) is 0 Å². The van der Waals surface area contributed by atoms with Gasteiger partial charge in [-0.05, 0) is 37.0 Å². The van der Waals surface area contributed by atoms with Crippen LogP contribution in [0, 0.1) is 17.8 Å². The zero-order chi connectivity index (χ0) is 13.8. The molecule has 2 aliphatic carbocycles. The first-order valence-corrected chi connectivity index (χ1v) is 7.58. The molecule has 108 valence electrons. The van der Waals surface area contributed by atoms with Crippen LogP contribution in [0.4, 0.5) is 5.82 Å². The minimum absolute atomic E-state index is 0.198. The number of fused-ring (bicyclic) bond motifs is 2. The molecule has 0 spiro atoms. The number of anilines is 1. The molecule has 20 heavy (non-hydrogen) atoms. The Bertz CT molecular complexity index is 450. The lowest BCUT2D eigenvalue weighted by Crippen LogP contribution is -2.31. The van der Waals surface area contributed by atoms with Crippen molar-refractivity contribution < 1.29 is 4.79 Å². The number of hydrogen-bond donors (Lipinski definition) is 2. The molecule has 2 fully saturated rings. The van der Waals surface area contributed by atoms with Gasteiger partial charge < -0.3 is 10.6 Å². The second kappa shape index (κ2) is 6.20. The highest BCUT2D eigenvalue weighted by Crippen LogP contribution is 2.49. The van der Waals surface area contributed by atoms with E-state index in [2.05, 4.69) is 20.6 Å². The monoisotopic (exact) mass is 274 g/mol. The van der Waals surface area contributed by atoms with Crippen LogP contribution in [0.5, 0.6) is 0 Å². The molecule has 2 N–H and O–H groups in total. The fourth-order valence-electron chi connectivity index (χ4n) is 3.72. The van der Waals surface area contributed by atoms with Crippen molar-refractivity contribution in [2.45, 2.75) is 32.1 Å². The van der Waals surface area contributed by atoms with Gasteiger partial charge in [0.05, 0.1) is 6.20 Å². The Morgan fingerprint density at radius 3 is 2.90 bits per heavy atom. The van der Waals surface area contributed by atoms with Gasteiger partial charge in [-0.15, -0.1) is 0 Å². The fourth-order valence-corrected chi connectivity index (χ4v) is 3.72. The summed E-state index contributed by atoms with van der Waals surface area (Å²) in [4.78, 5) is 20.0. The maximum absolute atomic E-state index is 11.9. The Morgan fingerprint density at radius 2 is 2.20 bits per heavy atom. The lowest BCUT2D eigenvalue weighted by molar-refractivity contribution is -0.122. The summed E-state index contributed by atoms with van der Waals surface area (Å²) in [5.41, 5.74) is 0. The molecule has 0 radical (unpaired) electrons. The molecule has 5 nitrogen and oxygen atoms in total. The van der Waals surface area contributed by atoms with Crippen LogP contribution in [-0.2, 0) is 4.79 Å². The standard InChI is InChI=1S/C15H22N4O/c20-15(9-13-8-11-1-2-12(13)7-11)19-6-5-18-14-10-16-3-4-17-14/h3-4,10-13H,1-2,5-9H2,(H,17,18)(H,19,20). The number of aromatic nitrogens is 2. The number of hydrogen-bond acceptors (Lipinski definition) is 4. The maximum atomic E-state index is 11.9. The van der Waals surface area contributed by atoms with Crippen LogP contribution in [0.3, 0.4) is 0 Å². The maximum Gasteiger partial charge on any atom is 0.220 e. The zero-order valence-electron chi connectivity index (χ0n) is 11.7. The molecule has 0 aliphatic heterocycles. The third-order valence-corrected chi connectivity index (χ3v) is 4.65. The van der Waals surface area contributed by atoms with E-state index < -0.39 is 0 Å². The molecule has 3 rings (SSSR count). The van der Waals surface area contributed by atoms with E-state index in [1.807, 2.05) is 0 Å². The number of nitrogens with one attached hydrogen (secondary N) is 2. The first-order chi connectivity index (χ1) is 9.81. The highest BCUT2D eigenvalue weighted by atomic mass is 16.1. The lowest BCUT2D eigenvalue weighted by Gasteiger charge is -2.20. The van der Waals surface area contributed by atoms with E-state index in [0.29, 0.717) is 25.4 Å². The van der Waals surface area contributed by atoms with Gasteiger partial charge in [0.2, 0.25) is 5.91 Å². The van der Waals surface area contributed by atoms with E-state index in [1.54, 1.807) is 18.6 Å². The molecule has 1 amide bonds. The smallest absolute Gasteiger partial charge is 0.220 e. The Kier molecular flexibility index (Phi) is 4.14. The second-order valence-corrected chi connectivity index (χ2v) is 6.01. The van der Waals surface area contributed by atoms with Gasteiger partial charge in [0, 0.05) is 31.9 Å². The van der Waals surface area contributed by atoms with Crippen LogP contribution in [0.2, 0.25) is 0 Å². The van der Waals surface area contributed by atoms with Crippen LogP contribution in [-0.4, -0.2) is 29.0 Å². The normalized spacial score (nSPS) is 27.5. The van der Waals surface area contributed by atoms with E-state index in [9.17, 15) is 4.79 Å². The molecular weight excluding hydrogens is 252 g/mol. The zero-order valence-corrected chi connectivity index (χ0v) is 11.7. The van der Waals surface area contributed by atoms with E-state index in [-0.39, 0.29) is 5.91 Å². The van der Waals surface area contributed by atoms with E-state index in [0.717, 1.165) is 17.7 Å². The molecule has 1 aromatic rings. The molecule has 2 saturated carbocycles. The summed E-state index contributed by atoms with van der Waals surface area (Å²) in [7, 11) is 0. The van der Waals surface area contributed by atoms with Gasteiger partial charge in [0.25, 0.3) is 0 Å². The molecule has 5 heteroatoms. The van der Waals surface area contributed by atoms with Crippen LogP contribution in [0.15, 0.2) is 18.6 Å². The third kappa shape index (κ3) is 3.26. The SMILES string of the molecule is O=C(CC1CC2CCC1C2)NCCNc1cnccn1. The summed E-state index contributed by atoms with van der Waals surface area (Å²) in [5, 5.41) is 6.12. The summed E-state index contributed by atoms with van der Waals surface area (Å²) >= 11 is 0. The molecule has 1 aromatic heterocycles. The predicted molar refractivity (Wildman–Crippen MR) is 77.1 cm³/mol. The van der Waals surface area contributed by atoms with Gasteiger partial charge in [-0.25, -0.2) is 4.98 Å². The van der Waals surface area contributed by atoms with Gasteiger partial charge in [0.1, 0.15) is 5.82 Å². The van der Waals surface area contributed by atoms with Gasteiger partial charge in [-0.1, -0.05) is 6.42 Å². The highest BCUT2D eigenvalue weighted by Gasteiger charge is 2.39. The lowest BCUT2D eigenvalue weighted by atomic mass is 9.86. The van der Waals surface area contributed by atoms with Crippen molar-refractivity contribution in [1.82, 2.24) is 15.3 Å². The molecule has 2 bridgehead atoms. The minimum atomic E-state index is 0.198. The molecule has 2 aliphatic rings. The highest BCUT2D eigenvalue weighted by molar-refractivity contribution is 5.76. The summed E-state index contributed by atoms with van der Waals surface area (Å²) in [6.07, 6.45) is 11.1. The molecule has 3 atom stereocenters. The van der Waals surface area contributed by atoms with E-state index in [4.69, 9.17) is 0 Å².